The fourth-order valence-electron chi connectivity index (χ4n) is 3.87. The van der Waals surface area contributed by atoms with Crippen LogP contribution in [0.5, 0.6) is 11.5 Å². The van der Waals surface area contributed by atoms with Gasteiger partial charge in [0, 0.05) is 55.4 Å². The van der Waals surface area contributed by atoms with Gasteiger partial charge in [-0.05, 0) is 31.0 Å². The molecule has 1 aliphatic carbocycles. The predicted molar refractivity (Wildman–Crippen MR) is 127 cm³/mol. The van der Waals surface area contributed by atoms with E-state index >= 15 is 0 Å². The van der Waals surface area contributed by atoms with E-state index in [1.165, 1.54) is 6.42 Å². The van der Waals surface area contributed by atoms with Crippen LogP contribution in [0, 0.1) is 0 Å². The SMILES string of the molecule is COc1cc(NC(=O)Nc2ccc(N(C)C)c(C(=O)NC3CCCCC3)c2)cc(OC)c1. The van der Waals surface area contributed by atoms with Gasteiger partial charge < -0.3 is 30.3 Å². The van der Waals surface area contributed by atoms with Crippen molar-refractivity contribution in [1.29, 1.82) is 0 Å². The number of hydrogen-bond acceptors (Lipinski definition) is 5. The number of carbonyl (C=O) groups excluding carboxylic acids is 2. The van der Waals surface area contributed by atoms with E-state index < -0.39 is 6.03 Å². The molecule has 1 fully saturated rings. The van der Waals surface area contributed by atoms with Gasteiger partial charge in [0.05, 0.1) is 19.8 Å². The maximum Gasteiger partial charge on any atom is 0.323 e. The fourth-order valence-corrected chi connectivity index (χ4v) is 3.87. The number of ether oxygens (including phenoxy) is 2. The van der Waals surface area contributed by atoms with Crippen LogP contribution in [0.4, 0.5) is 21.9 Å². The van der Waals surface area contributed by atoms with Crippen molar-refractivity contribution in [3.63, 3.8) is 0 Å². The molecule has 0 aliphatic heterocycles. The summed E-state index contributed by atoms with van der Waals surface area (Å²) >= 11 is 0. The van der Waals surface area contributed by atoms with Crippen LogP contribution < -0.4 is 30.3 Å². The van der Waals surface area contributed by atoms with E-state index in [1.807, 2.05) is 25.1 Å². The number of nitrogens with one attached hydrogen (secondary N) is 3. The van der Waals surface area contributed by atoms with Gasteiger partial charge in [0.25, 0.3) is 5.91 Å². The minimum atomic E-state index is -0.434. The van der Waals surface area contributed by atoms with Gasteiger partial charge in [0.2, 0.25) is 0 Å². The van der Waals surface area contributed by atoms with Crippen molar-refractivity contribution in [3.8, 4) is 11.5 Å². The number of urea groups is 1. The molecule has 0 bridgehead atoms. The van der Waals surface area contributed by atoms with E-state index in [2.05, 4.69) is 16.0 Å². The zero-order valence-electron chi connectivity index (χ0n) is 19.2. The third-order valence-corrected chi connectivity index (χ3v) is 5.53. The van der Waals surface area contributed by atoms with E-state index in [1.54, 1.807) is 44.6 Å². The fraction of sp³-hybridized carbons (Fsp3) is 0.417. The highest BCUT2D eigenvalue weighted by Gasteiger charge is 2.20. The van der Waals surface area contributed by atoms with E-state index in [4.69, 9.17) is 9.47 Å². The van der Waals surface area contributed by atoms with Crippen molar-refractivity contribution in [2.45, 2.75) is 38.1 Å². The van der Waals surface area contributed by atoms with Gasteiger partial charge in [-0.3, -0.25) is 4.79 Å². The second kappa shape index (κ2) is 10.7. The molecule has 0 spiro atoms. The van der Waals surface area contributed by atoms with Gasteiger partial charge in [0.1, 0.15) is 11.5 Å². The van der Waals surface area contributed by atoms with Crippen LogP contribution in [0.2, 0.25) is 0 Å². The van der Waals surface area contributed by atoms with Gasteiger partial charge in [-0.1, -0.05) is 19.3 Å². The molecule has 0 radical (unpaired) electrons. The van der Waals surface area contributed by atoms with Gasteiger partial charge in [-0.25, -0.2) is 4.79 Å². The highest BCUT2D eigenvalue weighted by molar-refractivity contribution is 6.04. The molecular weight excluding hydrogens is 408 g/mol. The molecule has 2 aromatic carbocycles. The maximum atomic E-state index is 13.0. The molecule has 1 aliphatic rings. The molecule has 8 nitrogen and oxygen atoms in total. The number of amides is 3. The van der Waals surface area contributed by atoms with Gasteiger partial charge in [-0.2, -0.15) is 0 Å². The summed E-state index contributed by atoms with van der Waals surface area (Å²) in [5, 5.41) is 8.73. The summed E-state index contributed by atoms with van der Waals surface area (Å²) in [7, 11) is 6.88. The van der Waals surface area contributed by atoms with Gasteiger partial charge >= 0.3 is 6.03 Å². The third-order valence-electron chi connectivity index (χ3n) is 5.53. The number of anilines is 3. The molecule has 1 saturated carbocycles. The van der Waals surface area contributed by atoms with Gasteiger partial charge in [-0.15, -0.1) is 0 Å². The second-order valence-corrected chi connectivity index (χ2v) is 8.12. The Bertz CT molecular complexity index is 933. The van der Waals surface area contributed by atoms with Crippen molar-refractivity contribution < 1.29 is 19.1 Å². The molecule has 32 heavy (non-hydrogen) atoms. The van der Waals surface area contributed by atoms with Crippen LogP contribution in [0.25, 0.3) is 0 Å². The summed E-state index contributed by atoms with van der Waals surface area (Å²) < 4.78 is 10.5. The Labute approximate surface area is 189 Å². The second-order valence-electron chi connectivity index (χ2n) is 8.12. The molecule has 8 heteroatoms. The van der Waals surface area contributed by atoms with Crippen molar-refractivity contribution in [2.75, 3.05) is 43.8 Å². The van der Waals surface area contributed by atoms with Crippen molar-refractivity contribution in [2.24, 2.45) is 0 Å². The van der Waals surface area contributed by atoms with Crippen LogP contribution in [-0.2, 0) is 0 Å². The van der Waals surface area contributed by atoms with Crippen molar-refractivity contribution in [1.82, 2.24) is 5.32 Å². The largest absolute Gasteiger partial charge is 0.497 e. The first-order valence-electron chi connectivity index (χ1n) is 10.8. The number of methoxy groups -OCH3 is 2. The van der Waals surface area contributed by atoms with Gasteiger partial charge in [0.15, 0.2) is 0 Å². The third kappa shape index (κ3) is 6.06. The first-order chi connectivity index (χ1) is 15.4. The smallest absolute Gasteiger partial charge is 0.323 e. The van der Waals surface area contributed by atoms with Crippen LogP contribution in [0.1, 0.15) is 42.5 Å². The number of rotatable bonds is 7. The van der Waals surface area contributed by atoms with Crippen LogP contribution >= 0.6 is 0 Å². The van der Waals surface area contributed by atoms with E-state index in [9.17, 15) is 9.59 Å². The summed E-state index contributed by atoms with van der Waals surface area (Å²) in [6.07, 6.45) is 5.52. The molecule has 0 unspecified atom stereocenters. The Morgan fingerprint density at radius 3 is 2.09 bits per heavy atom. The molecule has 0 heterocycles. The Balaban J connectivity index is 1.74. The summed E-state index contributed by atoms with van der Waals surface area (Å²) in [5.74, 6) is 1.01. The lowest BCUT2D eigenvalue weighted by Crippen LogP contribution is -2.36. The number of nitrogens with zero attached hydrogens (tertiary/aromatic N) is 1. The Morgan fingerprint density at radius 2 is 1.50 bits per heavy atom. The van der Waals surface area contributed by atoms with Crippen molar-refractivity contribution in [3.05, 3.63) is 42.0 Å². The highest BCUT2D eigenvalue weighted by Crippen LogP contribution is 2.27. The zero-order chi connectivity index (χ0) is 23.1. The number of hydrogen-bond donors (Lipinski definition) is 3. The van der Waals surface area contributed by atoms with Crippen molar-refractivity contribution >= 4 is 29.0 Å². The normalized spacial score (nSPS) is 13.8. The Kier molecular flexibility index (Phi) is 7.81. The molecule has 2 aromatic rings. The number of benzene rings is 2. The van der Waals surface area contributed by atoms with E-state index in [-0.39, 0.29) is 11.9 Å². The topological polar surface area (TPSA) is 91.9 Å². The lowest BCUT2D eigenvalue weighted by Gasteiger charge is -2.24. The summed E-state index contributed by atoms with van der Waals surface area (Å²) in [5.41, 5.74) is 2.37. The lowest BCUT2D eigenvalue weighted by atomic mass is 9.95. The average molecular weight is 441 g/mol. The van der Waals surface area contributed by atoms with Crippen LogP contribution in [0.15, 0.2) is 36.4 Å². The standard InChI is InChI=1S/C24H32N4O4/c1-28(2)22-11-10-17(14-21(22)23(29)25-16-8-6-5-7-9-16)26-24(30)27-18-12-19(31-3)15-20(13-18)32-4/h10-16H,5-9H2,1-4H3,(H,25,29)(H2,26,27,30). The average Bonchev–Trinajstić information content (AvgIpc) is 2.79. The Hall–Kier alpha value is -3.42. The molecule has 0 saturated heterocycles. The minimum absolute atomic E-state index is 0.123. The first kappa shape index (κ1) is 23.2. The monoisotopic (exact) mass is 440 g/mol. The minimum Gasteiger partial charge on any atom is -0.497 e. The molecule has 172 valence electrons. The zero-order valence-corrected chi connectivity index (χ0v) is 19.2. The molecule has 3 amide bonds. The molecular formula is C24H32N4O4. The van der Waals surface area contributed by atoms with E-state index in [0.29, 0.717) is 28.4 Å². The predicted octanol–water partition coefficient (Wildman–Crippen LogP) is 4.48. The molecule has 3 N–H and O–H groups in total. The summed E-state index contributed by atoms with van der Waals surface area (Å²) in [6.45, 7) is 0. The number of carbonyl (C=O) groups is 2. The Morgan fingerprint density at radius 1 is 0.875 bits per heavy atom. The lowest BCUT2D eigenvalue weighted by molar-refractivity contribution is 0.0928. The van der Waals surface area contributed by atoms with Crippen LogP contribution in [0.3, 0.4) is 0 Å². The molecule has 3 rings (SSSR count). The highest BCUT2D eigenvalue weighted by atomic mass is 16.5. The first-order valence-corrected chi connectivity index (χ1v) is 10.8. The van der Waals surface area contributed by atoms with Crippen LogP contribution in [-0.4, -0.2) is 46.3 Å². The maximum absolute atomic E-state index is 13.0. The van der Waals surface area contributed by atoms with E-state index in [0.717, 1.165) is 31.4 Å². The molecule has 0 aromatic heterocycles. The summed E-state index contributed by atoms with van der Waals surface area (Å²) in [4.78, 5) is 27.5. The summed E-state index contributed by atoms with van der Waals surface area (Å²) in [6, 6.07) is 10.2. The molecule has 0 atom stereocenters. The quantitative estimate of drug-likeness (QED) is 0.591.